The highest BCUT2D eigenvalue weighted by molar-refractivity contribution is 5.79. The van der Waals surface area contributed by atoms with Crippen LogP contribution >= 0.6 is 0 Å². The first-order valence-corrected chi connectivity index (χ1v) is 9.63. The molecule has 0 saturated carbocycles. The molecule has 0 unspecified atom stereocenters. The third-order valence-electron chi connectivity index (χ3n) is 3.91. The van der Waals surface area contributed by atoms with Gasteiger partial charge in [-0.3, -0.25) is 4.99 Å². The van der Waals surface area contributed by atoms with Gasteiger partial charge < -0.3 is 19.8 Å². The summed E-state index contributed by atoms with van der Waals surface area (Å²) in [5, 5.41) is 6.67. The van der Waals surface area contributed by atoms with Crippen LogP contribution in [0.25, 0.3) is 5.65 Å². The van der Waals surface area contributed by atoms with Crippen LogP contribution in [0.2, 0.25) is 0 Å². The maximum atomic E-state index is 5.59. The molecule has 0 aliphatic carbocycles. The fourth-order valence-electron chi connectivity index (χ4n) is 2.65. The highest BCUT2D eigenvalue weighted by atomic mass is 16.5. The quantitative estimate of drug-likeness (QED) is 0.389. The number of rotatable bonds is 10. The van der Waals surface area contributed by atoms with Crippen molar-refractivity contribution in [3.05, 3.63) is 35.8 Å². The van der Waals surface area contributed by atoms with Gasteiger partial charge in [0.15, 0.2) is 5.96 Å². The fourth-order valence-corrected chi connectivity index (χ4v) is 2.65. The van der Waals surface area contributed by atoms with Gasteiger partial charge in [-0.1, -0.05) is 19.9 Å². The van der Waals surface area contributed by atoms with Gasteiger partial charge in [-0.25, -0.2) is 4.98 Å². The number of aromatic nitrogens is 2. The van der Waals surface area contributed by atoms with Gasteiger partial charge in [0.05, 0.1) is 5.69 Å². The van der Waals surface area contributed by atoms with Crippen LogP contribution in [0.3, 0.4) is 0 Å². The lowest BCUT2D eigenvalue weighted by Crippen LogP contribution is -2.38. The van der Waals surface area contributed by atoms with E-state index in [9.17, 15) is 0 Å². The zero-order valence-corrected chi connectivity index (χ0v) is 16.6. The SMILES string of the molecule is CCNC(=NCCCOCC(C)C)NCCc1cn2cccc(C)c2n1. The summed E-state index contributed by atoms with van der Waals surface area (Å²) in [6.07, 6.45) is 5.94. The first-order chi connectivity index (χ1) is 12.6. The highest BCUT2D eigenvalue weighted by Gasteiger charge is 2.04. The molecule has 0 aromatic carbocycles. The molecule has 0 spiro atoms. The summed E-state index contributed by atoms with van der Waals surface area (Å²) in [5.74, 6) is 1.44. The third kappa shape index (κ3) is 6.67. The minimum absolute atomic E-state index is 0.584. The maximum Gasteiger partial charge on any atom is 0.191 e. The van der Waals surface area contributed by atoms with Crippen LogP contribution in [0.5, 0.6) is 0 Å². The number of ether oxygens (including phenoxy) is 1. The predicted molar refractivity (Wildman–Crippen MR) is 108 cm³/mol. The number of nitrogens with zero attached hydrogens (tertiary/aromatic N) is 3. The Balaban J connectivity index is 1.76. The van der Waals surface area contributed by atoms with Gasteiger partial charge in [0.2, 0.25) is 0 Å². The molecular formula is C20H33N5O. The summed E-state index contributed by atoms with van der Waals surface area (Å²) in [4.78, 5) is 9.32. The smallest absolute Gasteiger partial charge is 0.191 e. The lowest BCUT2D eigenvalue weighted by molar-refractivity contribution is 0.109. The Bertz CT molecular complexity index is 693. The number of guanidine groups is 1. The number of aliphatic imine (C=N–C) groups is 1. The van der Waals surface area contributed by atoms with E-state index in [1.165, 1.54) is 5.56 Å². The number of hydrogen-bond acceptors (Lipinski definition) is 3. The third-order valence-corrected chi connectivity index (χ3v) is 3.91. The van der Waals surface area contributed by atoms with Gasteiger partial charge >= 0.3 is 0 Å². The van der Waals surface area contributed by atoms with Crippen molar-refractivity contribution in [2.75, 3.05) is 32.8 Å². The van der Waals surface area contributed by atoms with Crippen LogP contribution < -0.4 is 10.6 Å². The summed E-state index contributed by atoms with van der Waals surface area (Å²) in [6.45, 7) is 12.5. The molecule has 6 nitrogen and oxygen atoms in total. The molecule has 0 bridgehead atoms. The van der Waals surface area contributed by atoms with E-state index in [1.54, 1.807) is 0 Å². The molecule has 0 aliphatic rings. The van der Waals surface area contributed by atoms with Crippen LogP contribution in [0.15, 0.2) is 29.5 Å². The van der Waals surface area contributed by atoms with Gasteiger partial charge in [-0.05, 0) is 37.8 Å². The van der Waals surface area contributed by atoms with Crippen molar-refractivity contribution >= 4 is 11.6 Å². The predicted octanol–water partition coefficient (Wildman–Crippen LogP) is 2.80. The van der Waals surface area contributed by atoms with Gasteiger partial charge in [-0.15, -0.1) is 0 Å². The molecule has 144 valence electrons. The van der Waals surface area contributed by atoms with Crippen molar-refractivity contribution in [3.63, 3.8) is 0 Å². The van der Waals surface area contributed by atoms with E-state index < -0.39 is 0 Å². The number of imidazole rings is 1. The summed E-state index contributed by atoms with van der Waals surface area (Å²) < 4.78 is 7.68. The lowest BCUT2D eigenvalue weighted by atomic mass is 10.2. The van der Waals surface area contributed by atoms with Gasteiger partial charge in [-0.2, -0.15) is 0 Å². The maximum absolute atomic E-state index is 5.59. The minimum Gasteiger partial charge on any atom is -0.381 e. The highest BCUT2D eigenvalue weighted by Crippen LogP contribution is 2.09. The number of aryl methyl sites for hydroxylation is 1. The number of nitrogens with one attached hydrogen (secondary N) is 2. The van der Waals surface area contributed by atoms with Crippen LogP contribution in [-0.2, 0) is 11.2 Å². The zero-order chi connectivity index (χ0) is 18.8. The molecule has 2 aromatic rings. The topological polar surface area (TPSA) is 63.0 Å². The molecule has 6 heteroatoms. The molecule has 2 rings (SSSR count). The van der Waals surface area contributed by atoms with E-state index in [1.807, 2.05) is 12.3 Å². The number of hydrogen-bond donors (Lipinski definition) is 2. The molecule has 0 fully saturated rings. The van der Waals surface area contributed by atoms with Crippen molar-refractivity contribution in [2.24, 2.45) is 10.9 Å². The molecule has 0 saturated heterocycles. The molecule has 0 atom stereocenters. The molecule has 0 aliphatic heterocycles. The lowest BCUT2D eigenvalue weighted by Gasteiger charge is -2.11. The average molecular weight is 360 g/mol. The molecule has 26 heavy (non-hydrogen) atoms. The summed E-state index contributed by atoms with van der Waals surface area (Å²) in [7, 11) is 0. The van der Waals surface area contributed by atoms with Gasteiger partial charge in [0.25, 0.3) is 0 Å². The Hall–Kier alpha value is -2.08. The first kappa shape index (κ1) is 20.2. The Morgan fingerprint density at radius 1 is 1.35 bits per heavy atom. The largest absolute Gasteiger partial charge is 0.381 e. The average Bonchev–Trinajstić information content (AvgIpc) is 3.02. The zero-order valence-electron chi connectivity index (χ0n) is 16.6. The van der Waals surface area contributed by atoms with Gasteiger partial charge in [0, 0.05) is 51.7 Å². The van der Waals surface area contributed by atoms with Crippen molar-refractivity contribution in [2.45, 2.75) is 40.5 Å². The fraction of sp³-hybridized carbons (Fsp3) is 0.600. The van der Waals surface area contributed by atoms with Gasteiger partial charge in [0.1, 0.15) is 5.65 Å². The second kappa shape index (κ2) is 10.8. The van der Waals surface area contributed by atoms with Crippen molar-refractivity contribution in [3.8, 4) is 0 Å². The molecule has 2 N–H and O–H groups in total. The summed E-state index contributed by atoms with van der Waals surface area (Å²) in [6, 6.07) is 4.14. The Labute approximate surface area is 157 Å². The summed E-state index contributed by atoms with van der Waals surface area (Å²) >= 11 is 0. The monoisotopic (exact) mass is 359 g/mol. The molecule has 2 aromatic heterocycles. The Morgan fingerprint density at radius 3 is 2.92 bits per heavy atom. The van der Waals surface area contributed by atoms with E-state index in [-0.39, 0.29) is 0 Å². The summed E-state index contributed by atoms with van der Waals surface area (Å²) in [5.41, 5.74) is 3.32. The van der Waals surface area contributed by atoms with Crippen LogP contribution in [0.1, 0.15) is 38.4 Å². The van der Waals surface area contributed by atoms with Crippen molar-refractivity contribution < 1.29 is 4.74 Å². The molecular weight excluding hydrogens is 326 g/mol. The van der Waals surface area contributed by atoms with Crippen molar-refractivity contribution in [1.82, 2.24) is 20.0 Å². The molecule has 0 radical (unpaired) electrons. The van der Waals surface area contributed by atoms with Crippen LogP contribution in [-0.4, -0.2) is 48.2 Å². The minimum atomic E-state index is 0.584. The number of pyridine rings is 1. The van der Waals surface area contributed by atoms with E-state index in [0.29, 0.717) is 5.92 Å². The second-order valence-corrected chi connectivity index (χ2v) is 6.91. The van der Waals surface area contributed by atoms with Crippen molar-refractivity contribution in [1.29, 1.82) is 0 Å². The standard InChI is InChI=1S/C20H33N5O/c1-5-21-20(22-10-7-13-26-15-16(2)3)23-11-9-18-14-25-12-6-8-17(4)19(25)24-18/h6,8,12,14,16H,5,7,9-11,13,15H2,1-4H3,(H2,21,22,23). The van der Waals surface area contributed by atoms with E-state index in [4.69, 9.17) is 9.72 Å². The Kier molecular flexibility index (Phi) is 8.41. The van der Waals surface area contributed by atoms with E-state index in [0.717, 1.165) is 63.0 Å². The Morgan fingerprint density at radius 2 is 2.19 bits per heavy atom. The molecule has 0 amide bonds. The molecule has 2 heterocycles. The normalized spacial score (nSPS) is 12.1. The van der Waals surface area contributed by atoms with Crippen LogP contribution in [0, 0.1) is 12.8 Å². The van der Waals surface area contributed by atoms with E-state index >= 15 is 0 Å². The van der Waals surface area contributed by atoms with E-state index in [2.05, 4.69) is 60.0 Å². The number of fused-ring (bicyclic) bond motifs is 1. The first-order valence-electron chi connectivity index (χ1n) is 9.63. The second-order valence-electron chi connectivity index (χ2n) is 6.91. The van der Waals surface area contributed by atoms with Crippen LogP contribution in [0.4, 0.5) is 0 Å².